The summed E-state index contributed by atoms with van der Waals surface area (Å²) in [5.74, 6) is -2.49. The summed E-state index contributed by atoms with van der Waals surface area (Å²) in [7, 11) is 0. The van der Waals surface area contributed by atoms with Crippen molar-refractivity contribution in [3.8, 4) is 11.5 Å². The Labute approximate surface area is 142 Å². The van der Waals surface area contributed by atoms with Gasteiger partial charge in [0.1, 0.15) is 29.7 Å². The molecule has 0 N–H and O–H groups in total. The van der Waals surface area contributed by atoms with E-state index in [1.807, 2.05) is 0 Å². The fourth-order valence-corrected chi connectivity index (χ4v) is 2.10. The van der Waals surface area contributed by atoms with Crippen LogP contribution in [0.3, 0.4) is 0 Å². The van der Waals surface area contributed by atoms with Gasteiger partial charge in [-0.1, -0.05) is 13.0 Å². The van der Waals surface area contributed by atoms with E-state index in [0.717, 1.165) is 18.2 Å². The summed E-state index contributed by atoms with van der Waals surface area (Å²) in [6.07, 6.45) is -2.80. The Kier molecular flexibility index (Phi) is 6.01. The molecule has 134 valence electrons. The summed E-state index contributed by atoms with van der Waals surface area (Å²) in [6, 6.07) is 5.63. The van der Waals surface area contributed by atoms with Crippen molar-refractivity contribution in [1.29, 1.82) is 0 Å². The highest BCUT2D eigenvalue weighted by Gasteiger charge is 2.19. The van der Waals surface area contributed by atoms with Crippen LogP contribution >= 0.6 is 0 Å². The first-order chi connectivity index (χ1) is 11.8. The molecular formula is C18H16F4O3. The molecule has 0 saturated carbocycles. The Balaban J connectivity index is 2.30. The molecule has 0 saturated heterocycles. The largest absolute Gasteiger partial charge is 0.488 e. The summed E-state index contributed by atoms with van der Waals surface area (Å²) in [4.78, 5) is 11.4. The van der Waals surface area contributed by atoms with Gasteiger partial charge >= 0.3 is 5.97 Å². The molecule has 0 bridgehead atoms. The van der Waals surface area contributed by atoms with Crippen LogP contribution in [0.15, 0.2) is 30.3 Å². The first kappa shape index (κ1) is 18.8. The monoisotopic (exact) mass is 356 g/mol. The molecule has 0 aliphatic rings. The van der Waals surface area contributed by atoms with Crippen LogP contribution in [-0.4, -0.2) is 5.97 Å². The lowest BCUT2D eigenvalue weighted by Gasteiger charge is -2.15. The van der Waals surface area contributed by atoms with Gasteiger partial charge in [0.2, 0.25) is 0 Å². The predicted molar refractivity (Wildman–Crippen MR) is 82.8 cm³/mol. The van der Waals surface area contributed by atoms with Gasteiger partial charge in [-0.05, 0) is 30.7 Å². The van der Waals surface area contributed by atoms with E-state index < -0.39 is 41.9 Å². The second-order valence-corrected chi connectivity index (χ2v) is 5.27. The molecule has 2 aromatic rings. The van der Waals surface area contributed by atoms with Crippen LogP contribution in [0.5, 0.6) is 11.5 Å². The molecule has 0 unspecified atom stereocenters. The minimum absolute atomic E-state index is 0.0473. The van der Waals surface area contributed by atoms with E-state index in [0.29, 0.717) is 0 Å². The van der Waals surface area contributed by atoms with E-state index >= 15 is 0 Å². The molecule has 0 aliphatic carbocycles. The third-order valence-electron chi connectivity index (χ3n) is 3.49. The molecule has 0 fully saturated rings. The lowest BCUT2D eigenvalue weighted by atomic mass is 10.1. The Hall–Kier alpha value is -2.57. The highest BCUT2D eigenvalue weighted by Crippen LogP contribution is 2.33. The van der Waals surface area contributed by atoms with Gasteiger partial charge in [-0.3, -0.25) is 4.79 Å². The maximum absolute atomic E-state index is 14.0. The van der Waals surface area contributed by atoms with Crippen molar-refractivity contribution in [2.75, 3.05) is 0 Å². The number of halogens is 4. The average molecular weight is 356 g/mol. The van der Waals surface area contributed by atoms with Crippen molar-refractivity contribution in [3.05, 3.63) is 58.7 Å². The summed E-state index contributed by atoms with van der Waals surface area (Å²) in [5.41, 5.74) is -0.570. The summed E-state index contributed by atoms with van der Waals surface area (Å²) in [5, 5.41) is 0. The van der Waals surface area contributed by atoms with Crippen molar-refractivity contribution in [2.45, 2.75) is 33.3 Å². The molecule has 25 heavy (non-hydrogen) atoms. The van der Waals surface area contributed by atoms with Crippen LogP contribution in [0.2, 0.25) is 0 Å². The summed E-state index contributed by atoms with van der Waals surface area (Å²) < 4.78 is 64.1. The standard InChI is InChI=1S/C18H16F4O3/c1-3-17(23)25-15-6-4-5-13(19)12(15)9-24-16-8-14(20)10(2)7-11(16)18(21)22/h4-8,18H,3,9H2,1-2H3. The number of ether oxygens (including phenoxy) is 2. The molecule has 0 atom stereocenters. The van der Waals surface area contributed by atoms with Gasteiger partial charge in [-0.2, -0.15) is 0 Å². The van der Waals surface area contributed by atoms with Crippen LogP contribution in [0.25, 0.3) is 0 Å². The molecule has 3 nitrogen and oxygen atoms in total. The molecule has 0 aliphatic heterocycles. The fourth-order valence-electron chi connectivity index (χ4n) is 2.10. The Morgan fingerprint density at radius 1 is 1.12 bits per heavy atom. The number of esters is 1. The van der Waals surface area contributed by atoms with Gasteiger partial charge < -0.3 is 9.47 Å². The number of hydrogen-bond acceptors (Lipinski definition) is 3. The number of alkyl halides is 2. The third kappa shape index (κ3) is 4.49. The zero-order valence-electron chi connectivity index (χ0n) is 13.6. The number of carbonyl (C=O) groups is 1. The topological polar surface area (TPSA) is 35.5 Å². The molecule has 0 radical (unpaired) electrons. The second kappa shape index (κ2) is 8.00. The van der Waals surface area contributed by atoms with Gasteiger partial charge in [-0.25, -0.2) is 17.6 Å². The lowest BCUT2D eigenvalue weighted by Crippen LogP contribution is -2.10. The SMILES string of the molecule is CCC(=O)Oc1cccc(F)c1COc1cc(F)c(C)cc1C(F)F. The molecule has 0 spiro atoms. The minimum Gasteiger partial charge on any atom is -0.488 e. The number of carbonyl (C=O) groups excluding carboxylic acids is 1. The van der Waals surface area contributed by atoms with Crippen molar-refractivity contribution < 1.29 is 31.8 Å². The number of benzene rings is 2. The van der Waals surface area contributed by atoms with E-state index in [1.54, 1.807) is 6.92 Å². The lowest BCUT2D eigenvalue weighted by molar-refractivity contribution is -0.134. The van der Waals surface area contributed by atoms with E-state index in [-0.39, 0.29) is 23.3 Å². The minimum atomic E-state index is -2.88. The first-order valence-corrected chi connectivity index (χ1v) is 7.52. The van der Waals surface area contributed by atoms with Crippen LogP contribution in [0.1, 0.15) is 36.5 Å². The fraction of sp³-hybridized carbons (Fsp3) is 0.278. The predicted octanol–water partition coefficient (Wildman–Crippen LogP) is 5.11. The van der Waals surface area contributed by atoms with E-state index in [1.165, 1.54) is 19.1 Å². The van der Waals surface area contributed by atoms with Crippen LogP contribution in [-0.2, 0) is 11.4 Å². The maximum atomic E-state index is 14.0. The van der Waals surface area contributed by atoms with Gasteiger partial charge in [0.05, 0.1) is 11.1 Å². The third-order valence-corrected chi connectivity index (χ3v) is 3.49. The molecular weight excluding hydrogens is 340 g/mol. The molecule has 0 amide bonds. The van der Waals surface area contributed by atoms with E-state index in [4.69, 9.17) is 9.47 Å². The zero-order valence-corrected chi connectivity index (χ0v) is 13.6. The van der Waals surface area contributed by atoms with Crippen LogP contribution in [0.4, 0.5) is 17.6 Å². The van der Waals surface area contributed by atoms with Gasteiger partial charge in [0.25, 0.3) is 6.43 Å². The van der Waals surface area contributed by atoms with E-state index in [2.05, 4.69) is 0 Å². The second-order valence-electron chi connectivity index (χ2n) is 5.27. The Morgan fingerprint density at radius 2 is 1.84 bits per heavy atom. The highest BCUT2D eigenvalue weighted by molar-refractivity contribution is 5.72. The highest BCUT2D eigenvalue weighted by atomic mass is 19.3. The smallest absolute Gasteiger partial charge is 0.310 e. The normalized spacial score (nSPS) is 10.8. The van der Waals surface area contributed by atoms with Gasteiger partial charge in [0.15, 0.2) is 0 Å². The van der Waals surface area contributed by atoms with Crippen LogP contribution in [0, 0.1) is 18.6 Å². The summed E-state index contributed by atoms with van der Waals surface area (Å²) in [6.45, 7) is 2.42. The number of hydrogen-bond donors (Lipinski definition) is 0. The van der Waals surface area contributed by atoms with Gasteiger partial charge in [-0.15, -0.1) is 0 Å². The quantitative estimate of drug-likeness (QED) is 0.410. The molecule has 2 aromatic carbocycles. The maximum Gasteiger partial charge on any atom is 0.310 e. The van der Waals surface area contributed by atoms with Crippen LogP contribution < -0.4 is 9.47 Å². The van der Waals surface area contributed by atoms with Crippen molar-refractivity contribution in [2.24, 2.45) is 0 Å². The van der Waals surface area contributed by atoms with Crippen molar-refractivity contribution in [1.82, 2.24) is 0 Å². The average Bonchev–Trinajstić information content (AvgIpc) is 2.56. The van der Waals surface area contributed by atoms with E-state index in [9.17, 15) is 22.4 Å². The van der Waals surface area contributed by atoms with Crippen molar-refractivity contribution >= 4 is 5.97 Å². The zero-order chi connectivity index (χ0) is 18.6. The first-order valence-electron chi connectivity index (χ1n) is 7.52. The molecule has 2 rings (SSSR count). The Bertz CT molecular complexity index is 775. The number of aryl methyl sites for hydroxylation is 1. The number of rotatable bonds is 6. The molecule has 0 aromatic heterocycles. The molecule has 7 heteroatoms. The van der Waals surface area contributed by atoms with Gasteiger partial charge in [0, 0.05) is 12.5 Å². The van der Waals surface area contributed by atoms with Crippen molar-refractivity contribution in [3.63, 3.8) is 0 Å². The molecule has 0 heterocycles. The Morgan fingerprint density at radius 3 is 2.48 bits per heavy atom. The summed E-state index contributed by atoms with van der Waals surface area (Å²) >= 11 is 0.